The predicted molar refractivity (Wildman–Crippen MR) is 57.7 cm³/mol. The Bertz CT molecular complexity index is 356. The molecule has 68 valence electrons. The maximum atomic E-state index is 11.0. The molecule has 3 heteroatoms. The van der Waals surface area contributed by atoms with E-state index in [4.69, 9.17) is 5.11 Å². The van der Waals surface area contributed by atoms with Gasteiger partial charge >= 0.3 is 5.97 Å². The Hall–Kier alpha value is -0.580. The van der Waals surface area contributed by atoms with Crippen molar-refractivity contribution < 1.29 is 9.90 Å². The van der Waals surface area contributed by atoms with Crippen molar-refractivity contribution in [3.8, 4) is 0 Å². The first kappa shape index (κ1) is 8.99. The van der Waals surface area contributed by atoms with E-state index in [1.807, 2.05) is 24.3 Å². The molecule has 0 saturated heterocycles. The lowest BCUT2D eigenvalue weighted by Gasteiger charge is -2.11. The van der Waals surface area contributed by atoms with Crippen molar-refractivity contribution in [1.82, 2.24) is 0 Å². The molecule has 0 radical (unpaired) electrons. The van der Waals surface area contributed by atoms with Crippen LogP contribution in [0.4, 0.5) is 0 Å². The molecule has 1 saturated carbocycles. The van der Waals surface area contributed by atoms with Crippen LogP contribution in [0.5, 0.6) is 0 Å². The Balaban J connectivity index is 2.47. The van der Waals surface area contributed by atoms with Gasteiger partial charge in [-0.15, -0.1) is 0 Å². The number of carbonyl (C=O) groups is 1. The maximum absolute atomic E-state index is 11.0. The summed E-state index contributed by atoms with van der Waals surface area (Å²) in [4.78, 5) is 11.0. The minimum absolute atomic E-state index is 0.558. The van der Waals surface area contributed by atoms with Gasteiger partial charge in [-0.1, -0.05) is 18.2 Å². The molecule has 0 amide bonds. The van der Waals surface area contributed by atoms with Gasteiger partial charge in [0.15, 0.2) is 0 Å². The van der Waals surface area contributed by atoms with E-state index in [0.717, 1.165) is 22.0 Å². The number of hydrogen-bond acceptors (Lipinski definition) is 1. The van der Waals surface area contributed by atoms with Gasteiger partial charge in [-0.3, -0.25) is 4.79 Å². The summed E-state index contributed by atoms with van der Waals surface area (Å²) in [6.45, 7) is 0. The van der Waals surface area contributed by atoms with E-state index < -0.39 is 11.4 Å². The minimum Gasteiger partial charge on any atom is -0.481 e. The molecule has 2 nitrogen and oxygen atoms in total. The number of aliphatic carboxylic acids is 1. The van der Waals surface area contributed by atoms with Gasteiger partial charge in [0.2, 0.25) is 0 Å². The van der Waals surface area contributed by atoms with Crippen LogP contribution in [-0.2, 0) is 10.2 Å². The molecule has 1 fully saturated rings. The number of benzene rings is 1. The Morgan fingerprint density at radius 3 is 2.46 bits per heavy atom. The molecule has 0 aromatic heterocycles. The molecule has 2 rings (SSSR count). The summed E-state index contributed by atoms with van der Waals surface area (Å²) >= 11 is 2.20. The molecule has 1 aromatic carbocycles. The average Bonchev–Trinajstić information content (AvgIpc) is 2.85. The summed E-state index contributed by atoms with van der Waals surface area (Å²) in [5.41, 5.74) is 0.417. The van der Waals surface area contributed by atoms with E-state index >= 15 is 0 Å². The highest BCUT2D eigenvalue weighted by Crippen LogP contribution is 2.49. The fraction of sp³-hybridized carbons (Fsp3) is 0.300. The molecule has 1 aliphatic carbocycles. The normalized spacial score (nSPS) is 18.2. The summed E-state index contributed by atoms with van der Waals surface area (Å²) in [6.07, 6.45) is 1.56. The van der Waals surface area contributed by atoms with E-state index in [1.54, 1.807) is 0 Å². The average molecular weight is 288 g/mol. The van der Waals surface area contributed by atoms with Crippen LogP contribution in [0.15, 0.2) is 24.3 Å². The van der Waals surface area contributed by atoms with Gasteiger partial charge in [0.1, 0.15) is 0 Å². The quantitative estimate of drug-likeness (QED) is 0.848. The van der Waals surface area contributed by atoms with Gasteiger partial charge in [0.25, 0.3) is 0 Å². The number of carboxylic acids is 1. The fourth-order valence-corrected chi connectivity index (χ4v) is 2.48. The second-order valence-corrected chi connectivity index (χ2v) is 4.53. The molecular formula is C10H9IO2. The highest BCUT2D eigenvalue weighted by Gasteiger charge is 2.52. The van der Waals surface area contributed by atoms with Crippen molar-refractivity contribution in [2.45, 2.75) is 18.3 Å². The zero-order valence-corrected chi connectivity index (χ0v) is 9.11. The van der Waals surface area contributed by atoms with Crippen molar-refractivity contribution in [3.63, 3.8) is 0 Å². The van der Waals surface area contributed by atoms with Crippen LogP contribution in [0.3, 0.4) is 0 Å². The van der Waals surface area contributed by atoms with Crippen LogP contribution in [-0.4, -0.2) is 11.1 Å². The fourth-order valence-electron chi connectivity index (χ4n) is 1.57. The van der Waals surface area contributed by atoms with Crippen LogP contribution < -0.4 is 0 Å². The smallest absolute Gasteiger partial charge is 0.314 e. The van der Waals surface area contributed by atoms with Gasteiger partial charge < -0.3 is 5.11 Å². The molecule has 13 heavy (non-hydrogen) atoms. The first-order chi connectivity index (χ1) is 6.17. The molecule has 0 aliphatic heterocycles. The largest absolute Gasteiger partial charge is 0.481 e. The molecule has 0 atom stereocenters. The Labute approximate surface area is 90.1 Å². The molecule has 0 spiro atoms. The number of rotatable bonds is 2. The lowest BCUT2D eigenvalue weighted by Crippen LogP contribution is -2.20. The molecule has 0 bridgehead atoms. The lowest BCUT2D eigenvalue weighted by atomic mass is 9.96. The van der Waals surface area contributed by atoms with Gasteiger partial charge in [-0.2, -0.15) is 0 Å². The van der Waals surface area contributed by atoms with Crippen LogP contribution in [0.1, 0.15) is 18.4 Å². The van der Waals surface area contributed by atoms with Gasteiger partial charge in [0, 0.05) is 3.57 Å². The summed E-state index contributed by atoms with van der Waals surface area (Å²) < 4.78 is 1.06. The summed E-state index contributed by atoms with van der Waals surface area (Å²) in [6, 6.07) is 7.71. The lowest BCUT2D eigenvalue weighted by molar-refractivity contribution is -0.140. The second kappa shape index (κ2) is 2.97. The summed E-state index contributed by atoms with van der Waals surface area (Å²) in [7, 11) is 0. The van der Waals surface area contributed by atoms with E-state index in [2.05, 4.69) is 22.6 Å². The third kappa shape index (κ3) is 1.35. The molecule has 0 unspecified atom stereocenters. The summed E-state index contributed by atoms with van der Waals surface area (Å²) in [5, 5.41) is 9.08. The standard InChI is InChI=1S/C10H9IO2/c11-8-4-2-1-3-7(8)10(5-6-10)9(12)13/h1-4H,5-6H2,(H,12,13). The maximum Gasteiger partial charge on any atom is 0.314 e. The van der Waals surface area contributed by atoms with E-state index in [0.29, 0.717) is 0 Å². The van der Waals surface area contributed by atoms with Crippen molar-refractivity contribution in [1.29, 1.82) is 0 Å². The van der Waals surface area contributed by atoms with Crippen LogP contribution >= 0.6 is 22.6 Å². The van der Waals surface area contributed by atoms with Gasteiger partial charge in [0.05, 0.1) is 5.41 Å². The van der Waals surface area contributed by atoms with Crippen molar-refractivity contribution in [2.24, 2.45) is 0 Å². The van der Waals surface area contributed by atoms with Crippen LogP contribution in [0.2, 0.25) is 0 Å². The first-order valence-corrected chi connectivity index (χ1v) is 5.23. The highest BCUT2D eigenvalue weighted by molar-refractivity contribution is 14.1. The van der Waals surface area contributed by atoms with Gasteiger partial charge in [-0.25, -0.2) is 0 Å². The van der Waals surface area contributed by atoms with Crippen molar-refractivity contribution in [2.75, 3.05) is 0 Å². The van der Waals surface area contributed by atoms with E-state index in [9.17, 15) is 4.79 Å². The van der Waals surface area contributed by atoms with E-state index in [-0.39, 0.29) is 0 Å². The van der Waals surface area contributed by atoms with Crippen molar-refractivity contribution in [3.05, 3.63) is 33.4 Å². The predicted octanol–water partition coefficient (Wildman–Crippen LogP) is 2.41. The number of carboxylic acid groups (broad SMARTS) is 1. The monoisotopic (exact) mass is 288 g/mol. The molecule has 1 N–H and O–H groups in total. The second-order valence-electron chi connectivity index (χ2n) is 3.37. The highest BCUT2D eigenvalue weighted by atomic mass is 127. The van der Waals surface area contributed by atoms with Crippen LogP contribution in [0, 0.1) is 3.57 Å². The third-order valence-corrected chi connectivity index (χ3v) is 3.49. The Morgan fingerprint density at radius 1 is 1.38 bits per heavy atom. The third-order valence-electron chi connectivity index (χ3n) is 2.55. The SMILES string of the molecule is O=C(O)C1(c2ccccc2I)CC1. The Morgan fingerprint density at radius 2 is 2.00 bits per heavy atom. The van der Waals surface area contributed by atoms with Crippen molar-refractivity contribution >= 4 is 28.6 Å². The summed E-state index contributed by atoms with van der Waals surface area (Å²) in [5.74, 6) is -0.684. The number of hydrogen-bond donors (Lipinski definition) is 1. The first-order valence-electron chi connectivity index (χ1n) is 4.15. The molecule has 0 heterocycles. The molecule has 1 aromatic rings. The van der Waals surface area contributed by atoms with Gasteiger partial charge in [-0.05, 0) is 47.1 Å². The zero-order valence-electron chi connectivity index (χ0n) is 6.96. The molecular weight excluding hydrogens is 279 g/mol. The zero-order chi connectivity index (χ0) is 9.47. The van der Waals surface area contributed by atoms with Crippen LogP contribution in [0.25, 0.3) is 0 Å². The molecule has 1 aliphatic rings. The Kier molecular flexibility index (Phi) is 2.06. The van der Waals surface area contributed by atoms with E-state index in [1.165, 1.54) is 0 Å². The minimum atomic E-state index is -0.684. The number of halogens is 1. The topological polar surface area (TPSA) is 37.3 Å².